The molecule has 0 aromatic rings. The highest BCUT2D eigenvalue weighted by molar-refractivity contribution is 5.75. The van der Waals surface area contributed by atoms with Crippen molar-refractivity contribution in [1.82, 2.24) is 10.2 Å². The van der Waals surface area contributed by atoms with Crippen LogP contribution in [0.4, 0.5) is 4.79 Å². The molecular formula is C12H24N2O3. The van der Waals surface area contributed by atoms with Gasteiger partial charge in [-0.15, -0.1) is 0 Å². The predicted molar refractivity (Wildman–Crippen MR) is 66.9 cm³/mol. The zero-order valence-corrected chi connectivity index (χ0v) is 11.2. The van der Waals surface area contributed by atoms with E-state index in [0.29, 0.717) is 18.9 Å². The van der Waals surface area contributed by atoms with Gasteiger partial charge >= 0.3 is 12.0 Å². The number of nitrogens with one attached hydrogen (secondary N) is 1. The van der Waals surface area contributed by atoms with Crippen LogP contribution in [-0.4, -0.2) is 42.1 Å². The third kappa shape index (κ3) is 6.81. The van der Waals surface area contributed by atoms with Crippen LogP contribution in [-0.2, 0) is 4.79 Å². The number of carbonyl (C=O) groups excluding carboxylic acids is 1. The fraction of sp³-hybridized carbons (Fsp3) is 0.833. The summed E-state index contributed by atoms with van der Waals surface area (Å²) >= 11 is 0. The number of aliphatic carboxylic acids is 1. The lowest BCUT2D eigenvalue weighted by Gasteiger charge is -2.20. The van der Waals surface area contributed by atoms with Crippen molar-refractivity contribution in [3.63, 3.8) is 0 Å². The van der Waals surface area contributed by atoms with Gasteiger partial charge in [0.05, 0.1) is 5.92 Å². The summed E-state index contributed by atoms with van der Waals surface area (Å²) in [4.78, 5) is 24.1. The molecule has 0 saturated heterocycles. The topological polar surface area (TPSA) is 69.6 Å². The molecule has 0 spiro atoms. The van der Waals surface area contributed by atoms with Gasteiger partial charge in [-0.25, -0.2) is 4.79 Å². The van der Waals surface area contributed by atoms with E-state index < -0.39 is 11.9 Å². The molecule has 0 saturated carbocycles. The molecule has 5 nitrogen and oxygen atoms in total. The van der Waals surface area contributed by atoms with Crippen molar-refractivity contribution >= 4 is 12.0 Å². The minimum atomic E-state index is -0.850. The van der Waals surface area contributed by atoms with Crippen LogP contribution in [0.5, 0.6) is 0 Å². The first-order chi connectivity index (χ1) is 7.88. The van der Waals surface area contributed by atoms with Gasteiger partial charge in [0.1, 0.15) is 0 Å². The Morgan fingerprint density at radius 1 is 1.35 bits per heavy atom. The lowest BCUT2D eigenvalue weighted by Crippen LogP contribution is -2.41. The number of hydrogen-bond acceptors (Lipinski definition) is 2. The van der Waals surface area contributed by atoms with Crippen molar-refractivity contribution in [2.45, 2.75) is 33.6 Å². The van der Waals surface area contributed by atoms with Gasteiger partial charge in [-0.1, -0.05) is 20.8 Å². The maximum Gasteiger partial charge on any atom is 0.317 e. The summed E-state index contributed by atoms with van der Waals surface area (Å²) < 4.78 is 0. The second-order valence-electron chi connectivity index (χ2n) is 4.77. The number of nitrogens with zero attached hydrogens (tertiary/aromatic N) is 1. The van der Waals surface area contributed by atoms with Gasteiger partial charge in [-0.05, 0) is 18.8 Å². The van der Waals surface area contributed by atoms with E-state index in [-0.39, 0.29) is 12.6 Å². The van der Waals surface area contributed by atoms with Crippen LogP contribution in [0, 0.1) is 11.8 Å². The van der Waals surface area contributed by atoms with Gasteiger partial charge in [0.25, 0.3) is 0 Å². The average molecular weight is 244 g/mol. The van der Waals surface area contributed by atoms with Gasteiger partial charge in [0.2, 0.25) is 0 Å². The van der Waals surface area contributed by atoms with Crippen molar-refractivity contribution in [2.24, 2.45) is 11.8 Å². The summed E-state index contributed by atoms with van der Waals surface area (Å²) in [6, 6.07) is -0.207. The predicted octanol–water partition coefficient (Wildman–Crippen LogP) is 1.78. The van der Waals surface area contributed by atoms with Crippen molar-refractivity contribution in [3.8, 4) is 0 Å². The highest BCUT2D eigenvalue weighted by Crippen LogP contribution is 2.11. The van der Waals surface area contributed by atoms with Crippen molar-refractivity contribution in [2.75, 3.05) is 20.1 Å². The molecule has 5 heteroatoms. The number of carbonyl (C=O) groups is 2. The zero-order valence-electron chi connectivity index (χ0n) is 11.2. The zero-order chi connectivity index (χ0) is 13.4. The van der Waals surface area contributed by atoms with Crippen LogP contribution < -0.4 is 5.32 Å². The molecule has 0 bridgehead atoms. The molecule has 0 aliphatic heterocycles. The lowest BCUT2D eigenvalue weighted by molar-refractivity contribution is -0.142. The van der Waals surface area contributed by atoms with Gasteiger partial charge < -0.3 is 15.3 Å². The molecule has 1 atom stereocenters. The molecule has 17 heavy (non-hydrogen) atoms. The Bertz CT molecular complexity index is 254. The maximum atomic E-state index is 11.6. The second-order valence-corrected chi connectivity index (χ2v) is 4.77. The first-order valence-electron chi connectivity index (χ1n) is 6.10. The second kappa shape index (κ2) is 7.92. The smallest absolute Gasteiger partial charge is 0.317 e. The monoisotopic (exact) mass is 244 g/mol. The molecule has 0 radical (unpaired) electrons. The molecule has 0 rings (SSSR count). The Kier molecular flexibility index (Phi) is 7.34. The molecule has 0 aliphatic carbocycles. The standard InChI is InChI=1S/C12H24N2O3/c1-5-6-14(4)12(17)13-8-10(11(15)16)7-9(2)3/h9-10H,5-8H2,1-4H3,(H,13,17)(H,15,16). The van der Waals surface area contributed by atoms with E-state index in [1.807, 2.05) is 20.8 Å². The Morgan fingerprint density at radius 2 is 1.94 bits per heavy atom. The van der Waals surface area contributed by atoms with Crippen LogP contribution in [0.1, 0.15) is 33.6 Å². The van der Waals surface area contributed by atoms with Crippen molar-refractivity contribution in [1.29, 1.82) is 0 Å². The number of amides is 2. The molecule has 2 amide bonds. The van der Waals surface area contributed by atoms with Crippen molar-refractivity contribution in [3.05, 3.63) is 0 Å². The number of rotatable bonds is 7. The van der Waals surface area contributed by atoms with Crippen LogP contribution in [0.25, 0.3) is 0 Å². The van der Waals surface area contributed by atoms with Gasteiger partial charge in [-0.2, -0.15) is 0 Å². The molecule has 100 valence electrons. The first kappa shape index (κ1) is 15.7. The van der Waals surface area contributed by atoms with Crippen LogP contribution >= 0.6 is 0 Å². The first-order valence-corrected chi connectivity index (χ1v) is 6.10. The molecule has 1 unspecified atom stereocenters. The Balaban J connectivity index is 4.12. The quantitative estimate of drug-likeness (QED) is 0.717. The lowest BCUT2D eigenvalue weighted by atomic mass is 9.97. The van der Waals surface area contributed by atoms with E-state index in [0.717, 1.165) is 6.42 Å². The number of carboxylic acid groups (broad SMARTS) is 1. The third-order valence-corrected chi connectivity index (χ3v) is 2.51. The molecule has 0 aromatic carbocycles. The number of hydrogen-bond donors (Lipinski definition) is 2. The highest BCUT2D eigenvalue weighted by Gasteiger charge is 2.20. The molecule has 0 aromatic heterocycles. The van der Waals surface area contributed by atoms with E-state index in [1.54, 1.807) is 11.9 Å². The van der Waals surface area contributed by atoms with E-state index >= 15 is 0 Å². The summed E-state index contributed by atoms with van der Waals surface area (Å²) in [5, 5.41) is 11.7. The fourth-order valence-electron chi connectivity index (χ4n) is 1.62. The van der Waals surface area contributed by atoms with Crippen LogP contribution in [0.15, 0.2) is 0 Å². The maximum absolute atomic E-state index is 11.6. The normalized spacial score (nSPS) is 12.3. The summed E-state index contributed by atoms with van der Waals surface area (Å²) in [5.41, 5.74) is 0. The summed E-state index contributed by atoms with van der Waals surface area (Å²) in [7, 11) is 1.71. The molecule has 0 aliphatic rings. The minimum Gasteiger partial charge on any atom is -0.481 e. The van der Waals surface area contributed by atoms with E-state index in [1.165, 1.54) is 0 Å². The number of urea groups is 1. The molecule has 2 N–H and O–H groups in total. The number of carboxylic acids is 1. The van der Waals surface area contributed by atoms with E-state index in [2.05, 4.69) is 5.32 Å². The largest absolute Gasteiger partial charge is 0.481 e. The summed E-state index contributed by atoms with van der Waals surface area (Å²) in [6.45, 7) is 6.80. The van der Waals surface area contributed by atoms with Gasteiger partial charge in [0.15, 0.2) is 0 Å². The van der Waals surface area contributed by atoms with Crippen LogP contribution in [0.2, 0.25) is 0 Å². The Labute approximate surface area is 103 Å². The summed E-state index contributed by atoms with van der Waals surface area (Å²) in [5.74, 6) is -1.05. The third-order valence-electron chi connectivity index (χ3n) is 2.51. The van der Waals surface area contributed by atoms with E-state index in [4.69, 9.17) is 5.11 Å². The van der Waals surface area contributed by atoms with E-state index in [9.17, 15) is 9.59 Å². The Hall–Kier alpha value is -1.26. The fourth-order valence-corrected chi connectivity index (χ4v) is 1.62. The van der Waals surface area contributed by atoms with Crippen LogP contribution in [0.3, 0.4) is 0 Å². The average Bonchev–Trinajstić information content (AvgIpc) is 2.23. The summed E-state index contributed by atoms with van der Waals surface area (Å²) in [6.07, 6.45) is 1.46. The van der Waals surface area contributed by atoms with Gasteiger partial charge in [-0.3, -0.25) is 4.79 Å². The molecule has 0 heterocycles. The van der Waals surface area contributed by atoms with Crippen molar-refractivity contribution < 1.29 is 14.7 Å². The minimum absolute atomic E-state index is 0.195. The Morgan fingerprint density at radius 3 is 2.35 bits per heavy atom. The highest BCUT2D eigenvalue weighted by atomic mass is 16.4. The van der Waals surface area contributed by atoms with Gasteiger partial charge in [0, 0.05) is 20.1 Å². The SMILES string of the molecule is CCCN(C)C(=O)NCC(CC(C)C)C(=O)O. The molecular weight excluding hydrogens is 220 g/mol. The molecule has 0 fully saturated rings.